The summed E-state index contributed by atoms with van der Waals surface area (Å²) in [5, 5.41) is 3.41. The van der Waals surface area contributed by atoms with Crippen LogP contribution in [0.2, 0.25) is 0 Å². The van der Waals surface area contributed by atoms with Gasteiger partial charge in [0.05, 0.1) is 0 Å². The summed E-state index contributed by atoms with van der Waals surface area (Å²) in [6, 6.07) is 0. The first-order chi connectivity index (χ1) is 6.68. The molecule has 0 bridgehead atoms. The lowest BCUT2D eigenvalue weighted by Crippen LogP contribution is -2.53. The SMILES string of the molecule is CC.CCCC1(CCC(C)C)CNC1. The van der Waals surface area contributed by atoms with Crippen LogP contribution in [-0.4, -0.2) is 13.1 Å². The van der Waals surface area contributed by atoms with Gasteiger partial charge in [-0.3, -0.25) is 0 Å². The maximum absolute atomic E-state index is 3.41. The second-order valence-electron chi connectivity index (χ2n) is 4.79. The highest BCUT2D eigenvalue weighted by atomic mass is 15.0. The lowest BCUT2D eigenvalue weighted by Gasteiger charge is -2.43. The van der Waals surface area contributed by atoms with E-state index in [2.05, 4.69) is 26.1 Å². The van der Waals surface area contributed by atoms with Crippen molar-refractivity contribution in [1.29, 1.82) is 0 Å². The predicted molar refractivity (Wildman–Crippen MR) is 65.6 cm³/mol. The van der Waals surface area contributed by atoms with E-state index in [4.69, 9.17) is 0 Å². The molecule has 0 saturated carbocycles. The van der Waals surface area contributed by atoms with Crippen LogP contribution in [0.5, 0.6) is 0 Å². The van der Waals surface area contributed by atoms with Gasteiger partial charge in [-0.15, -0.1) is 0 Å². The zero-order valence-corrected chi connectivity index (χ0v) is 10.8. The van der Waals surface area contributed by atoms with Crippen LogP contribution in [0.4, 0.5) is 0 Å². The molecule has 0 radical (unpaired) electrons. The normalized spacial score (nSPS) is 18.4. The standard InChI is InChI=1S/C11H23N.C2H6/c1-4-6-11(8-12-9-11)7-5-10(2)3;1-2/h10,12H,4-9H2,1-3H3;1-2H3. The monoisotopic (exact) mass is 199 g/mol. The minimum Gasteiger partial charge on any atom is -0.316 e. The molecule has 1 saturated heterocycles. The molecule has 1 rings (SSSR count). The van der Waals surface area contributed by atoms with Crippen LogP contribution in [0, 0.1) is 11.3 Å². The topological polar surface area (TPSA) is 12.0 Å². The zero-order valence-electron chi connectivity index (χ0n) is 10.8. The van der Waals surface area contributed by atoms with Gasteiger partial charge in [0.1, 0.15) is 0 Å². The van der Waals surface area contributed by atoms with Crippen LogP contribution in [0.15, 0.2) is 0 Å². The first-order valence-corrected chi connectivity index (χ1v) is 6.39. The number of hydrogen-bond donors (Lipinski definition) is 1. The third-order valence-corrected chi connectivity index (χ3v) is 3.03. The Bertz CT molecular complexity index is 125. The molecule has 1 fully saturated rings. The Morgan fingerprint density at radius 1 is 1.14 bits per heavy atom. The molecule has 1 aliphatic rings. The molecule has 0 atom stereocenters. The molecule has 1 nitrogen and oxygen atoms in total. The molecule has 1 heteroatoms. The van der Waals surface area contributed by atoms with Crippen molar-refractivity contribution in [3.8, 4) is 0 Å². The van der Waals surface area contributed by atoms with Gasteiger partial charge in [-0.1, -0.05) is 47.5 Å². The lowest BCUT2D eigenvalue weighted by molar-refractivity contribution is 0.127. The largest absolute Gasteiger partial charge is 0.316 e. The summed E-state index contributed by atoms with van der Waals surface area (Å²) in [6.07, 6.45) is 5.61. The molecule has 0 spiro atoms. The highest BCUT2D eigenvalue weighted by Crippen LogP contribution is 2.34. The van der Waals surface area contributed by atoms with Crippen molar-refractivity contribution in [1.82, 2.24) is 5.32 Å². The molecule has 0 aromatic rings. The van der Waals surface area contributed by atoms with E-state index in [-0.39, 0.29) is 0 Å². The molecule has 0 aromatic carbocycles. The summed E-state index contributed by atoms with van der Waals surface area (Å²) in [4.78, 5) is 0. The van der Waals surface area contributed by atoms with Crippen molar-refractivity contribution in [2.75, 3.05) is 13.1 Å². The molecule has 0 unspecified atom stereocenters. The fourth-order valence-electron chi connectivity index (χ4n) is 2.08. The van der Waals surface area contributed by atoms with Crippen molar-refractivity contribution in [2.24, 2.45) is 11.3 Å². The van der Waals surface area contributed by atoms with Crippen LogP contribution in [0.25, 0.3) is 0 Å². The molecular weight excluding hydrogens is 170 g/mol. The van der Waals surface area contributed by atoms with Gasteiger partial charge in [0.2, 0.25) is 0 Å². The summed E-state index contributed by atoms with van der Waals surface area (Å²) >= 11 is 0. The maximum atomic E-state index is 3.41. The smallest absolute Gasteiger partial charge is 0.00202 e. The van der Waals surface area contributed by atoms with Crippen LogP contribution >= 0.6 is 0 Å². The van der Waals surface area contributed by atoms with E-state index in [1.54, 1.807) is 0 Å². The number of hydrogen-bond acceptors (Lipinski definition) is 1. The van der Waals surface area contributed by atoms with E-state index in [0.717, 1.165) is 5.92 Å². The van der Waals surface area contributed by atoms with Crippen molar-refractivity contribution < 1.29 is 0 Å². The molecule has 0 aliphatic carbocycles. The Balaban J connectivity index is 0.000000791. The van der Waals surface area contributed by atoms with Gasteiger partial charge >= 0.3 is 0 Å². The van der Waals surface area contributed by atoms with Crippen molar-refractivity contribution in [3.63, 3.8) is 0 Å². The molecular formula is C13H29N. The van der Waals surface area contributed by atoms with Crippen LogP contribution in [0.1, 0.15) is 60.3 Å². The Morgan fingerprint density at radius 2 is 1.71 bits per heavy atom. The Hall–Kier alpha value is -0.0400. The minimum atomic E-state index is 0.693. The third kappa shape index (κ3) is 4.45. The average molecular weight is 199 g/mol. The quantitative estimate of drug-likeness (QED) is 0.709. The molecule has 14 heavy (non-hydrogen) atoms. The van der Waals surface area contributed by atoms with Gasteiger partial charge in [-0.2, -0.15) is 0 Å². The molecule has 0 amide bonds. The molecule has 1 heterocycles. The molecule has 0 aromatic heterocycles. The summed E-state index contributed by atoms with van der Waals surface area (Å²) in [6.45, 7) is 13.5. The van der Waals surface area contributed by atoms with Gasteiger partial charge in [0.25, 0.3) is 0 Å². The highest BCUT2D eigenvalue weighted by Gasteiger charge is 2.35. The van der Waals surface area contributed by atoms with Gasteiger partial charge in [0, 0.05) is 13.1 Å². The summed E-state index contributed by atoms with van der Waals surface area (Å²) in [7, 11) is 0. The summed E-state index contributed by atoms with van der Waals surface area (Å²) in [5.74, 6) is 0.874. The fraction of sp³-hybridized carbons (Fsp3) is 1.00. The van der Waals surface area contributed by atoms with Gasteiger partial charge in [-0.25, -0.2) is 0 Å². The Morgan fingerprint density at radius 3 is 2.00 bits per heavy atom. The Kier molecular flexibility index (Phi) is 7.26. The van der Waals surface area contributed by atoms with E-state index in [1.165, 1.54) is 38.8 Å². The van der Waals surface area contributed by atoms with Gasteiger partial charge < -0.3 is 5.32 Å². The number of nitrogens with one attached hydrogen (secondary N) is 1. The van der Waals surface area contributed by atoms with Crippen molar-refractivity contribution >= 4 is 0 Å². The van der Waals surface area contributed by atoms with Crippen LogP contribution in [-0.2, 0) is 0 Å². The van der Waals surface area contributed by atoms with Gasteiger partial charge in [0.15, 0.2) is 0 Å². The van der Waals surface area contributed by atoms with E-state index < -0.39 is 0 Å². The maximum Gasteiger partial charge on any atom is 0.00202 e. The van der Waals surface area contributed by atoms with Gasteiger partial charge in [-0.05, 0) is 24.2 Å². The zero-order chi connectivity index (χ0) is 11.0. The molecule has 1 aliphatic heterocycles. The summed E-state index contributed by atoms with van der Waals surface area (Å²) < 4.78 is 0. The minimum absolute atomic E-state index is 0.693. The predicted octanol–water partition coefficient (Wildman–Crippen LogP) is 3.84. The van der Waals surface area contributed by atoms with Crippen LogP contribution < -0.4 is 5.32 Å². The van der Waals surface area contributed by atoms with E-state index >= 15 is 0 Å². The lowest BCUT2D eigenvalue weighted by atomic mass is 9.73. The fourth-order valence-corrected chi connectivity index (χ4v) is 2.08. The first kappa shape index (κ1) is 14.0. The van der Waals surface area contributed by atoms with E-state index in [0.29, 0.717) is 5.41 Å². The summed E-state index contributed by atoms with van der Waals surface area (Å²) in [5.41, 5.74) is 0.693. The molecule has 86 valence electrons. The second-order valence-corrected chi connectivity index (χ2v) is 4.79. The highest BCUT2D eigenvalue weighted by molar-refractivity contribution is 4.91. The second kappa shape index (κ2) is 7.28. The van der Waals surface area contributed by atoms with E-state index in [1.807, 2.05) is 13.8 Å². The van der Waals surface area contributed by atoms with Crippen LogP contribution in [0.3, 0.4) is 0 Å². The van der Waals surface area contributed by atoms with E-state index in [9.17, 15) is 0 Å². The third-order valence-electron chi connectivity index (χ3n) is 3.03. The average Bonchev–Trinajstić information content (AvgIpc) is 2.12. The van der Waals surface area contributed by atoms with Crippen molar-refractivity contribution in [2.45, 2.75) is 60.3 Å². The van der Waals surface area contributed by atoms with Crippen molar-refractivity contribution in [3.05, 3.63) is 0 Å². The number of rotatable bonds is 5. The molecule has 1 N–H and O–H groups in total. The first-order valence-electron chi connectivity index (χ1n) is 6.39. The Labute approximate surface area is 90.7 Å².